The summed E-state index contributed by atoms with van der Waals surface area (Å²) in [5.74, 6) is -0.0521. The average Bonchev–Trinajstić information content (AvgIpc) is 2.12. The molecule has 0 fully saturated rings. The van der Waals surface area contributed by atoms with Gasteiger partial charge in [-0.1, -0.05) is 22.9 Å². The Morgan fingerprint density at radius 1 is 1.43 bits per heavy atom. The van der Waals surface area contributed by atoms with Crippen molar-refractivity contribution in [1.82, 2.24) is 0 Å². The average molecular weight is 259 g/mol. The molecule has 0 atom stereocenters. The van der Waals surface area contributed by atoms with E-state index in [2.05, 4.69) is 15.9 Å². The van der Waals surface area contributed by atoms with Crippen LogP contribution in [0.25, 0.3) is 0 Å². The Bertz CT molecular complexity index is 316. The van der Waals surface area contributed by atoms with Gasteiger partial charge in [0.2, 0.25) is 0 Å². The molecule has 0 N–H and O–H groups in total. The van der Waals surface area contributed by atoms with Gasteiger partial charge in [-0.3, -0.25) is 4.79 Å². The standard InChI is InChI=1S/C11H12BrFO/c1-2-11(14)4-3-8-5-9(12)7-10(13)6-8/h5-7H,2-4H2,1H3. The fourth-order valence-corrected chi connectivity index (χ4v) is 1.73. The number of hydrogen-bond donors (Lipinski definition) is 0. The van der Waals surface area contributed by atoms with Crippen LogP contribution in [0.1, 0.15) is 25.3 Å². The van der Waals surface area contributed by atoms with E-state index in [0.29, 0.717) is 19.3 Å². The Kier molecular flexibility index (Phi) is 4.26. The van der Waals surface area contributed by atoms with Gasteiger partial charge in [0.25, 0.3) is 0 Å². The molecule has 0 saturated carbocycles. The van der Waals surface area contributed by atoms with Gasteiger partial charge in [-0.25, -0.2) is 4.39 Å². The molecule has 0 aliphatic carbocycles. The van der Waals surface area contributed by atoms with Gasteiger partial charge in [0.05, 0.1) is 0 Å². The summed E-state index contributed by atoms with van der Waals surface area (Å²) in [5.41, 5.74) is 0.860. The number of ketones is 1. The maximum Gasteiger partial charge on any atom is 0.132 e. The highest BCUT2D eigenvalue weighted by Gasteiger charge is 2.02. The first kappa shape index (κ1) is 11.4. The monoisotopic (exact) mass is 258 g/mol. The highest BCUT2D eigenvalue weighted by atomic mass is 79.9. The van der Waals surface area contributed by atoms with E-state index in [4.69, 9.17) is 0 Å². The first-order valence-electron chi connectivity index (χ1n) is 4.58. The van der Waals surface area contributed by atoms with Crippen LogP contribution >= 0.6 is 15.9 Å². The minimum absolute atomic E-state index is 0.213. The van der Waals surface area contributed by atoms with Crippen LogP contribution in [-0.4, -0.2) is 5.78 Å². The molecule has 3 heteroatoms. The lowest BCUT2D eigenvalue weighted by Gasteiger charge is -2.01. The van der Waals surface area contributed by atoms with Crippen LogP contribution in [0.4, 0.5) is 4.39 Å². The molecular weight excluding hydrogens is 247 g/mol. The fraction of sp³-hybridized carbons (Fsp3) is 0.364. The van der Waals surface area contributed by atoms with Gasteiger partial charge >= 0.3 is 0 Å². The third kappa shape index (κ3) is 3.58. The molecule has 0 bridgehead atoms. The van der Waals surface area contributed by atoms with Crippen LogP contribution in [0, 0.1) is 5.82 Å². The Morgan fingerprint density at radius 3 is 2.71 bits per heavy atom. The molecule has 0 spiro atoms. The van der Waals surface area contributed by atoms with Gasteiger partial charge in [0.15, 0.2) is 0 Å². The second-order valence-electron chi connectivity index (χ2n) is 3.17. The Hall–Kier alpha value is -0.700. The van der Waals surface area contributed by atoms with Gasteiger partial charge < -0.3 is 0 Å². The lowest BCUT2D eigenvalue weighted by atomic mass is 10.1. The van der Waals surface area contributed by atoms with Crippen LogP contribution in [-0.2, 0) is 11.2 Å². The van der Waals surface area contributed by atoms with Crippen molar-refractivity contribution in [2.24, 2.45) is 0 Å². The van der Waals surface area contributed by atoms with E-state index in [9.17, 15) is 9.18 Å². The number of benzene rings is 1. The number of rotatable bonds is 4. The molecule has 0 amide bonds. The van der Waals surface area contributed by atoms with E-state index >= 15 is 0 Å². The predicted octanol–water partition coefficient (Wildman–Crippen LogP) is 3.50. The summed E-state index contributed by atoms with van der Waals surface area (Å²) >= 11 is 3.21. The van der Waals surface area contributed by atoms with Crippen molar-refractivity contribution in [3.63, 3.8) is 0 Å². The van der Waals surface area contributed by atoms with Crippen molar-refractivity contribution in [1.29, 1.82) is 0 Å². The first-order chi connectivity index (χ1) is 6.61. The first-order valence-corrected chi connectivity index (χ1v) is 5.37. The largest absolute Gasteiger partial charge is 0.300 e. The Balaban J connectivity index is 2.63. The molecule has 0 saturated heterocycles. The SMILES string of the molecule is CCC(=O)CCc1cc(F)cc(Br)c1. The number of aryl methyl sites for hydroxylation is 1. The normalized spacial score (nSPS) is 10.2. The molecule has 0 heterocycles. The van der Waals surface area contributed by atoms with Crippen LogP contribution in [0.5, 0.6) is 0 Å². The van der Waals surface area contributed by atoms with Crippen molar-refractivity contribution in [2.75, 3.05) is 0 Å². The molecule has 0 aliphatic rings. The van der Waals surface area contributed by atoms with E-state index in [1.807, 2.05) is 13.0 Å². The number of carbonyl (C=O) groups excluding carboxylic acids is 1. The number of halogens is 2. The van der Waals surface area contributed by atoms with Crippen molar-refractivity contribution in [2.45, 2.75) is 26.2 Å². The minimum Gasteiger partial charge on any atom is -0.300 e. The van der Waals surface area contributed by atoms with Gasteiger partial charge in [-0.05, 0) is 30.2 Å². The van der Waals surface area contributed by atoms with Crippen LogP contribution in [0.3, 0.4) is 0 Å². The number of Topliss-reactive ketones (excluding diaryl/α,β-unsaturated/α-hetero) is 1. The number of carbonyl (C=O) groups is 1. The van der Waals surface area contributed by atoms with Crippen LogP contribution < -0.4 is 0 Å². The van der Waals surface area contributed by atoms with E-state index in [-0.39, 0.29) is 11.6 Å². The van der Waals surface area contributed by atoms with Crippen molar-refractivity contribution < 1.29 is 9.18 Å². The lowest BCUT2D eigenvalue weighted by Crippen LogP contribution is -1.98. The summed E-state index contributed by atoms with van der Waals surface area (Å²) in [4.78, 5) is 11.0. The van der Waals surface area contributed by atoms with Crippen LogP contribution in [0.15, 0.2) is 22.7 Å². The molecule has 1 nitrogen and oxygen atoms in total. The summed E-state index contributed by atoms with van der Waals surface area (Å²) in [5, 5.41) is 0. The summed E-state index contributed by atoms with van der Waals surface area (Å²) in [6.07, 6.45) is 1.66. The van der Waals surface area contributed by atoms with E-state index in [1.54, 1.807) is 0 Å². The number of hydrogen-bond acceptors (Lipinski definition) is 1. The molecule has 0 unspecified atom stereocenters. The second kappa shape index (κ2) is 5.25. The molecule has 0 aliphatic heterocycles. The summed E-state index contributed by atoms with van der Waals surface area (Å²) in [6.45, 7) is 1.84. The smallest absolute Gasteiger partial charge is 0.132 e. The van der Waals surface area contributed by atoms with Crippen LogP contribution in [0.2, 0.25) is 0 Å². The zero-order valence-corrected chi connectivity index (χ0v) is 9.60. The van der Waals surface area contributed by atoms with Gasteiger partial charge in [-0.2, -0.15) is 0 Å². The molecular formula is C11H12BrFO. The van der Waals surface area contributed by atoms with Gasteiger partial charge in [0.1, 0.15) is 11.6 Å². The predicted molar refractivity (Wildman–Crippen MR) is 57.7 cm³/mol. The second-order valence-corrected chi connectivity index (χ2v) is 4.09. The van der Waals surface area contributed by atoms with Crippen molar-refractivity contribution >= 4 is 21.7 Å². The third-order valence-corrected chi connectivity index (χ3v) is 2.47. The van der Waals surface area contributed by atoms with Crippen molar-refractivity contribution in [3.05, 3.63) is 34.1 Å². The lowest BCUT2D eigenvalue weighted by molar-refractivity contribution is -0.118. The maximum absolute atomic E-state index is 12.9. The Morgan fingerprint density at radius 2 is 2.14 bits per heavy atom. The summed E-state index contributed by atoms with van der Waals surface area (Å²) < 4.78 is 13.6. The van der Waals surface area contributed by atoms with Gasteiger partial charge in [-0.15, -0.1) is 0 Å². The Labute approximate surface area is 91.5 Å². The highest BCUT2D eigenvalue weighted by molar-refractivity contribution is 9.10. The van der Waals surface area contributed by atoms with Gasteiger partial charge in [0, 0.05) is 17.3 Å². The molecule has 1 rings (SSSR count). The quantitative estimate of drug-likeness (QED) is 0.808. The molecule has 0 radical (unpaired) electrons. The minimum atomic E-state index is -0.265. The summed E-state index contributed by atoms with van der Waals surface area (Å²) in [6, 6.07) is 4.71. The molecule has 76 valence electrons. The van der Waals surface area contributed by atoms with E-state index in [0.717, 1.165) is 10.0 Å². The molecule has 1 aromatic rings. The molecule has 1 aromatic carbocycles. The highest BCUT2D eigenvalue weighted by Crippen LogP contribution is 2.16. The summed E-state index contributed by atoms with van der Waals surface area (Å²) in [7, 11) is 0. The molecule has 14 heavy (non-hydrogen) atoms. The third-order valence-electron chi connectivity index (χ3n) is 2.01. The van der Waals surface area contributed by atoms with E-state index < -0.39 is 0 Å². The maximum atomic E-state index is 12.9. The van der Waals surface area contributed by atoms with E-state index in [1.165, 1.54) is 12.1 Å². The van der Waals surface area contributed by atoms with Crippen molar-refractivity contribution in [3.8, 4) is 0 Å². The topological polar surface area (TPSA) is 17.1 Å². The zero-order chi connectivity index (χ0) is 10.6. The fourth-order valence-electron chi connectivity index (χ4n) is 1.22. The zero-order valence-electron chi connectivity index (χ0n) is 8.02. The molecule has 0 aromatic heterocycles.